The number of hydrogen-bond acceptors (Lipinski definition) is 15. The lowest BCUT2D eigenvalue weighted by atomic mass is 9.99. The van der Waals surface area contributed by atoms with Crippen molar-refractivity contribution in [3.05, 3.63) is 0 Å². The molecule has 0 radical (unpaired) electrons. The van der Waals surface area contributed by atoms with E-state index in [0.29, 0.717) is 31.6 Å². The highest BCUT2D eigenvalue weighted by Crippen LogP contribution is 2.45. The van der Waals surface area contributed by atoms with Crippen LogP contribution in [0.5, 0.6) is 0 Å². The van der Waals surface area contributed by atoms with Crippen LogP contribution in [-0.2, 0) is 65.4 Å². The Balaban J connectivity index is 5.18. The van der Waals surface area contributed by atoms with Gasteiger partial charge in [-0.25, -0.2) is 9.13 Å². The molecule has 0 saturated heterocycles. The summed E-state index contributed by atoms with van der Waals surface area (Å²) in [6.07, 6.45) is 58.4. The van der Waals surface area contributed by atoms with Crippen LogP contribution in [0.1, 0.15) is 408 Å². The number of hydrogen-bond donors (Lipinski definition) is 3. The van der Waals surface area contributed by atoms with Crippen molar-refractivity contribution in [2.24, 2.45) is 11.8 Å². The quantitative estimate of drug-likeness (QED) is 0.0222. The zero-order valence-corrected chi connectivity index (χ0v) is 65.2. The van der Waals surface area contributed by atoms with Gasteiger partial charge in [0.2, 0.25) is 0 Å². The van der Waals surface area contributed by atoms with Gasteiger partial charge >= 0.3 is 39.5 Å². The average Bonchev–Trinajstić information content (AvgIpc) is 3.26. The third kappa shape index (κ3) is 70.9. The van der Waals surface area contributed by atoms with Gasteiger partial charge in [-0.1, -0.05) is 356 Å². The summed E-state index contributed by atoms with van der Waals surface area (Å²) in [5.74, 6) is -0.563. The summed E-state index contributed by atoms with van der Waals surface area (Å²) in [5.41, 5.74) is 0. The number of ether oxygens (including phenoxy) is 4. The molecule has 0 amide bonds. The Morgan fingerprint density at radius 1 is 0.299 bits per heavy atom. The summed E-state index contributed by atoms with van der Waals surface area (Å²) in [6.45, 7) is 9.60. The normalized spacial score (nSPS) is 14.2. The second-order valence-electron chi connectivity index (χ2n) is 28.8. The molecule has 576 valence electrons. The zero-order valence-electron chi connectivity index (χ0n) is 63.4. The molecule has 0 aliphatic carbocycles. The molecule has 0 bridgehead atoms. The summed E-state index contributed by atoms with van der Waals surface area (Å²) in [5, 5.41) is 10.6. The summed E-state index contributed by atoms with van der Waals surface area (Å²) in [6, 6.07) is 0. The van der Waals surface area contributed by atoms with Gasteiger partial charge in [-0.3, -0.25) is 37.3 Å². The van der Waals surface area contributed by atoms with E-state index in [0.717, 1.165) is 102 Å². The fourth-order valence-corrected chi connectivity index (χ4v) is 13.6. The zero-order chi connectivity index (χ0) is 71.4. The average molecular weight is 1420 g/mol. The Labute approximate surface area is 594 Å². The van der Waals surface area contributed by atoms with Gasteiger partial charge in [-0.2, -0.15) is 0 Å². The van der Waals surface area contributed by atoms with Crippen molar-refractivity contribution in [3.8, 4) is 0 Å². The predicted molar refractivity (Wildman–Crippen MR) is 395 cm³/mol. The van der Waals surface area contributed by atoms with Gasteiger partial charge in [-0.15, -0.1) is 0 Å². The van der Waals surface area contributed by atoms with Crippen molar-refractivity contribution in [1.82, 2.24) is 0 Å². The number of aliphatic hydroxyl groups excluding tert-OH is 1. The Bertz CT molecular complexity index is 1870. The second-order valence-corrected chi connectivity index (χ2v) is 31.7. The topological polar surface area (TPSA) is 237 Å². The monoisotopic (exact) mass is 1420 g/mol. The number of rotatable bonds is 77. The Morgan fingerprint density at radius 3 is 0.784 bits per heavy atom. The lowest BCUT2D eigenvalue weighted by Crippen LogP contribution is -2.30. The van der Waals surface area contributed by atoms with Gasteiger partial charge in [0.25, 0.3) is 0 Å². The SMILES string of the molecule is CCCCCCCCCCCCCCCC(=O)OC[C@H](COP(=O)(O)OC[C@@H](O)COP(=O)(O)OC[C@@H](COC(=O)CCCCCCCCC(C)C)OC(=O)CCCCCCCCCCCCCCC)OC(=O)CCCCCCCCCCCCCCCCCCCCC(C)CC. The number of phosphoric acid groups is 2. The van der Waals surface area contributed by atoms with E-state index < -0.39 is 97.5 Å². The van der Waals surface area contributed by atoms with Crippen LogP contribution in [0.2, 0.25) is 0 Å². The molecule has 3 unspecified atom stereocenters. The summed E-state index contributed by atoms with van der Waals surface area (Å²) < 4.78 is 68.5. The van der Waals surface area contributed by atoms with E-state index in [4.69, 9.17) is 37.0 Å². The third-order valence-electron chi connectivity index (χ3n) is 18.6. The van der Waals surface area contributed by atoms with Crippen LogP contribution < -0.4 is 0 Å². The number of carbonyl (C=O) groups is 4. The maximum atomic E-state index is 13.1. The smallest absolute Gasteiger partial charge is 0.462 e. The summed E-state index contributed by atoms with van der Waals surface area (Å²) >= 11 is 0. The minimum absolute atomic E-state index is 0.107. The molecule has 0 rings (SSSR count). The van der Waals surface area contributed by atoms with Crippen molar-refractivity contribution >= 4 is 39.5 Å². The molecule has 0 heterocycles. The fourth-order valence-electron chi connectivity index (χ4n) is 12.0. The molecule has 3 N–H and O–H groups in total. The molecule has 0 aromatic heterocycles. The molecular weight excluding hydrogens is 1270 g/mol. The predicted octanol–water partition coefficient (Wildman–Crippen LogP) is 23.1. The molecule has 0 aromatic rings. The Hall–Kier alpha value is -1.94. The van der Waals surface area contributed by atoms with Crippen LogP contribution in [0, 0.1) is 11.8 Å². The number of unbranched alkanes of at least 4 members (excludes halogenated alkanes) is 46. The van der Waals surface area contributed by atoms with E-state index in [1.165, 1.54) is 218 Å². The molecule has 17 nitrogen and oxygen atoms in total. The van der Waals surface area contributed by atoms with Gasteiger partial charge in [-0.05, 0) is 37.5 Å². The van der Waals surface area contributed by atoms with Crippen LogP contribution in [0.25, 0.3) is 0 Å². The van der Waals surface area contributed by atoms with Gasteiger partial charge in [0.1, 0.15) is 19.3 Å². The van der Waals surface area contributed by atoms with E-state index in [-0.39, 0.29) is 25.7 Å². The van der Waals surface area contributed by atoms with Crippen LogP contribution >= 0.6 is 15.6 Å². The maximum absolute atomic E-state index is 13.1. The largest absolute Gasteiger partial charge is 0.472 e. The molecule has 0 saturated carbocycles. The van der Waals surface area contributed by atoms with E-state index in [2.05, 4.69) is 41.5 Å². The standard InChI is InChI=1S/C78H152O17P2/c1-7-10-12-14-16-18-20-28-33-37-41-48-54-60-75(80)88-66-73(94-77(82)63-57-51-43-39-35-31-27-25-23-22-24-26-30-32-36-40-47-53-59-71(6)9-3)68-92-96(84,85)90-64-72(79)65-91-97(86,87)93-69-74(67-89-76(81)61-55-49-45-44-46-52-58-70(4)5)95-78(83)62-56-50-42-38-34-29-21-19-17-15-13-11-8-2/h70-74,79H,7-69H2,1-6H3,(H,84,85)(H,86,87)/t71?,72-,73-,74-/m1/s1. The van der Waals surface area contributed by atoms with Gasteiger partial charge < -0.3 is 33.8 Å². The van der Waals surface area contributed by atoms with E-state index in [9.17, 15) is 43.2 Å². The van der Waals surface area contributed by atoms with Crippen LogP contribution in [0.3, 0.4) is 0 Å². The number of carbonyl (C=O) groups excluding carboxylic acids is 4. The summed E-state index contributed by atoms with van der Waals surface area (Å²) in [4.78, 5) is 72.8. The van der Waals surface area contributed by atoms with Crippen LogP contribution in [-0.4, -0.2) is 96.7 Å². The third-order valence-corrected chi connectivity index (χ3v) is 20.5. The lowest BCUT2D eigenvalue weighted by Gasteiger charge is -2.21. The van der Waals surface area contributed by atoms with Crippen molar-refractivity contribution in [3.63, 3.8) is 0 Å². The Morgan fingerprint density at radius 2 is 0.526 bits per heavy atom. The molecular formula is C78H152O17P2. The lowest BCUT2D eigenvalue weighted by molar-refractivity contribution is -0.161. The van der Waals surface area contributed by atoms with Crippen molar-refractivity contribution in [2.45, 2.75) is 426 Å². The fraction of sp³-hybridized carbons (Fsp3) is 0.949. The highest BCUT2D eigenvalue weighted by Gasteiger charge is 2.30. The van der Waals surface area contributed by atoms with Gasteiger partial charge in [0.15, 0.2) is 12.2 Å². The van der Waals surface area contributed by atoms with E-state index in [1.54, 1.807) is 0 Å². The van der Waals surface area contributed by atoms with Crippen LogP contribution in [0.4, 0.5) is 0 Å². The number of phosphoric ester groups is 2. The molecule has 0 fully saturated rings. The van der Waals surface area contributed by atoms with Crippen molar-refractivity contribution in [2.75, 3.05) is 39.6 Å². The minimum Gasteiger partial charge on any atom is -0.462 e. The highest BCUT2D eigenvalue weighted by atomic mass is 31.2. The molecule has 19 heteroatoms. The minimum atomic E-state index is -4.96. The molecule has 0 aliphatic heterocycles. The molecule has 6 atom stereocenters. The first-order valence-electron chi connectivity index (χ1n) is 40.5. The first kappa shape index (κ1) is 95.1. The first-order chi connectivity index (χ1) is 46.9. The van der Waals surface area contributed by atoms with Gasteiger partial charge in [0.05, 0.1) is 26.4 Å². The number of aliphatic hydroxyl groups is 1. The van der Waals surface area contributed by atoms with Crippen LogP contribution in [0.15, 0.2) is 0 Å². The van der Waals surface area contributed by atoms with E-state index in [1.807, 2.05) is 0 Å². The highest BCUT2D eigenvalue weighted by molar-refractivity contribution is 7.47. The van der Waals surface area contributed by atoms with Crippen molar-refractivity contribution in [1.29, 1.82) is 0 Å². The molecule has 97 heavy (non-hydrogen) atoms. The van der Waals surface area contributed by atoms with Crippen molar-refractivity contribution < 1.29 is 80.2 Å². The number of esters is 4. The second kappa shape index (κ2) is 69.8. The summed E-state index contributed by atoms with van der Waals surface area (Å²) in [7, 11) is -9.91. The molecule has 0 aliphatic rings. The molecule has 0 spiro atoms. The first-order valence-corrected chi connectivity index (χ1v) is 43.5. The maximum Gasteiger partial charge on any atom is 0.472 e. The Kier molecular flexibility index (Phi) is 68.4. The van der Waals surface area contributed by atoms with Gasteiger partial charge in [0, 0.05) is 25.7 Å². The molecule has 0 aromatic carbocycles. The van der Waals surface area contributed by atoms with E-state index >= 15 is 0 Å².